The molecule has 3 nitrogen and oxygen atoms in total. The highest BCUT2D eigenvalue weighted by Gasteiger charge is 2.19. The number of hydrogen-bond donors (Lipinski definition) is 2. The number of ether oxygens (including phenoxy) is 1. The maximum absolute atomic E-state index is 9.02. The maximum atomic E-state index is 9.02. The summed E-state index contributed by atoms with van der Waals surface area (Å²) in [7, 11) is 0. The minimum absolute atomic E-state index is 0.0432. The van der Waals surface area contributed by atoms with Crippen LogP contribution in [0.15, 0.2) is 30.3 Å². The van der Waals surface area contributed by atoms with Crippen LogP contribution in [0.4, 0.5) is 0 Å². The molecule has 1 unspecified atom stereocenters. The second-order valence-corrected chi connectivity index (χ2v) is 4.83. The highest BCUT2D eigenvalue weighted by atomic mass is 16.5. The first-order valence-corrected chi connectivity index (χ1v) is 6.74. The first-order chi connectivity index (χ1) is 8.70. The fourth-order valence-corrected chi connectivity index (χ4v) is 1.81. The lowest BCUT2D eigenvalue weighted by atomic mass is 9.95. The molecule has 0 aromatic heterocycles. The fourth-order valence-electron chi connectivity index (χ4n) is 1.81. The van der Waals surface area contributed by atoms with Crippen LogP contribution in [-0.2, 0) is 0 Å². The van der Waals surface area contributed by atoms with Gasteiger partial charge in [-0.2, -0.15) is 0 Å². The van der Waals surface area contributed by atoms with E-state index in [0.717, 1.165) is 38.2 Å². The maximum Gasteiger partial charge on any atom is 0.119 e. The summed E-state index contributed by atoms with van der Waals surface area (Å²) in [4.78, 5) is 0. The molecule has 3 heteroatoms. The van der Waals surface area contributed by atoms with Crippen LogP contribution in [-0.4, -0.2) is 30.4 Å². The van der Waals surface area contributed by atoms with Gasteiger partial charge in [0.05, 0.1) is 6.61 Å². The van der Waals surface area contributed by atoms with Gasteiger partial charge < -0.3 is 15.2 Å². The molecule has 0 amide bonds. The molecule has 0 saturated carbocycles. The quantitative estimate of drug-likeness (QED) is 0.663. The number of aliphatic hydroxyl groups is 1. The number of hydrogen-bond acceptors (Lipinski definition) is 3. The molecule has 0 aliphatic carbocycles. The van der Waals surface area contributed by atoms with Crippen molar-refractivity contribution in [1.29, 1.82) is 0 Å². The van der Waals surface area contributed by atoms with Crippen molar-refractivity contribution in [1.82, 2.24) is 5.32 Å². The molecule has 18 heavy (non-hydrogen) atoms. The van der Waals surface area contributed by atoms with Crippen LogP contribution in [0.25, 0.3) is 0 Å². The van der Waals surface area contributed by atoms with E-state index in [2.05, 4.69) is 19.2 Å². The Morgan fingerprint density at radius 3 is 2.61 bits per heavy atom. The summed E-state index contributed by atoms with van der Waals surface area (Å²) in [5, 5.41) is 12.5. The van der Waals surface area contributed by atoms with E-state index >= 15 is 0 Å². The molecule has 0 fully saturated rings. The first-order valence-electron chi connectivity index (χ1n) is 6.74. The highest BCUT2D eigenvalue weighted by Crippen LogP contribution is 2.13. The van der Waals surface area contributed by atoms with Gasteiger partial charge in [-0.3, -0.25) is 0 Å². The lowest BCUT2D eigenvalue weighted by molar-refractivity contribution is 0.211. The topological polar surface area (TPSA) is 41.5 Å². The molecule has 0 bridgehead atoms. The molecular weight excluding hydrogens is 226 g/mol. The van der Waals surface area contributed by atoms with E-state index in [-0.39, 0.29) is 12.1 Å². The summed E-state index contributed by atoms with van der Waals surface area (Å²) >= 11 is 0. The molecule has 0 spiro atoms. The van der Waals surface area contributed by atoms with Crippen LogP contribution >= 0.6 is 0 Å². The minimum atomic E-state index is 0.0432. The van der Waals surface area contributed by atoms with Gasteiger partial charge in [0, 0.05) is 12.1 Å². The zero-order valence-electron chi connectivity index (χ0n) is 11.5. The molecule has 0 heterocycles. The van der Waals surface area contributed by atoms with Gasteiger partial charge in [-0.05, 0) is 44.9 Å². The second kappa shape index (κ2) is 8.11. The number of aliphatic hydroxyl groups excluding tert-OH is 1. The molecule has 1 aromatic carbocycles. The molecule has 1 rings (SSSR count). The average Bonchev–Trinajstić information content (AvgIpc) is 2.40. The molecule has 0 aliphatic heterocycles. The summed E-state index contributed by atoms with van der Waals surface area (Å²) in [5.74, 6) is 0.922. The Kier molecular flexibility index (Phi) is 6.76. The molecule has 2 N–H and O–H groups in total. The van der Waals surface area contributed by atoms with E-state index in [1.807, 2.05) is 30.3 Å². The molecule has 0 aliphatic rings. The van der Waals surface area contributed by atoms with Crippen molar-refractivity contribution >= 4 is 0 Å². The van der Waals surface area contributed by atoms with Crippen LogP contribution < -0.4 is 10.1 Å². The van der Waals surface area contributed by atoms with E-state index in [1.54, 1.807) is 0 Å². The van der Waals surface area contributed by atoms with Gasteiger partial charge >= 0.3 is 0 Å². The van der Waals surface area contributed by atoms with Gasteiger partial charge in [0.15, 0.2) is 0 Å². The van der Waals surface area contributed by atoms with E-state index in [4.69, 9.17) is 9.84 Å². The first kappa shape index (κ1) is 15.0. The predicted octanol–water partition coefficient (Wildman–Crippen LogP) is 2.60. The Bertz CT molecular complexity index is 316. The van der Waals surface area contributed by atoms with Crippen LogP contribution in [0.2, 0.25) is 0 Å². The predicted molar refractivity (Wildman–Crippen MR) is 75.0 cm³/mol. The number of benzene rings is 1. The van der Waals surface area contributed by atoms with Gasteiger partial charge in [0.1, 0.15) is 5.75 Å². The monoisotopic (exact) mass is 251 g/mol. The fraction of sp³-hybridized carbons (Fsp3) is 0.600. The largest absolute Gasteiger partial charge is 0.494 e. The third kappa shape index (κ3) is 5.52. The summed E-state index contributed by atoms with van der Waals surface area (Å²) < 4.78 is 5.62. The van der Waals surface area contributed by atoms with Crippen molar-refractivity contribution in [3.63, 3.8) is 0 Å². The molecule has 1 aromatic rings. The zero-order valence-corrected chi connectivity index (χ0v) is 11.5. The Hall–Kier alpha value is -1.06. The summed E-state index contributed by atoms with van der Waals surface area (Å²) in [5.41, 5.74) is 0.0432. The van der Waals surface area contributed by atoms with Crippen molar-refractivity contribution in [2.24, 2.45) is 0 Å². The minimum Gasteiger partial charge on any atom is -0.494 e. The highest BCUT2D eigenvalue weighted by molar-refractivity contribution is 5.20. The third-order valence-electron chi connectivity index (χ3n) is 3.33. The standard InChI is InChI=1S/C15H25NO2/c1-3-15(2,10-12-17)16-11-7-13-18-14-8-5-4-6-9-14/h4-6,8-9,16-17H,3,7,10-13H2,1-2H3. The number of rotatable bonds is 9. The van der Waals surface area contributed by atoms with E-state index in [9.17, 15) is 0 Å². The third-order valence-corrected chi connectivity index (χ3v) is 3.33. The zero-order chi connectivity index (χ0) is 13.3. The molecule has 0 radical (unpaired) electrons. The second-order valence-electron chi connectivity index (χ2n) is 4.83. The van der Waals surface area contributed by atoms with Crippen LogP contribution in [0.3, 0.4) is 0 Å². The number of nitrogens with one attached hydrogen (secondary N) is 1. The van der Waals surface area contributed by atoms with Crippen molar-refractivity contribution in [3.8, 4) is 5.75 Å². The summed E-state index contributed by atoms with van der Waals surface area (Å²) in [6, 6.07) is 9.87. The Morgan fingerprint density at radius 2 is 2.00 bits per heavy atom. The van der Waals surface area contributed by atoms with Crippen molar-refractivity contribution in [3.05, 3.63) is 30.3 Å². The summed E-state index contributed by atoms with van der Waals surface area (Å²) in [6.45, 7) is 6.16. The molecular formula is C15H25NO2. The SMILES string of the molecule is CCC(C)(CCO)NCCCOc1ccccc1. The lowest BCUT2D eigenvalue weighted by Gasteiger charge is -2.29. The van der Waals surface area contributed by atoms with Gasteiger partial charge in [-0.1, -0.05) is 25.1 Å². The normalized spacial score (nSPS) is 14.2. The Balaban J connectivity index is 2.15. The Labute approximate surface area is 110 Å². The van der Waals surface area contributed by atoms with Crippen molar-refractivity contribution in [2.75, 3.05) is 19.8 Å². The van der Waals surface area contributed by atoms with Crippen LogP contribution in [0, 0.1) is 0 Å². The van der Waals surface area contributed by atoms with E-state index in [1.165, 1.54) is 0 Å². The van der Waals surface area contributed by atoms with Crippen molar-refractivity contribution in [2.45, 2.75) is 38.6 Å². The summed E-state index contributed by atoms with van der Waals surface area (Å²) in [6.07, 6.45) is 2.78. The van der Waals surface area contributed by atoms with Crippen LogP contribution in [0.1, 0.15) is 33.1 Å². The average molecular weight is 251 g/mol. The van der Waals surface area contributed by atoms with Crippen LogP contribution in [0.5, 0.6) is 5.75 Å². The van der Waals surface area contributed by atoms with Crippen molar-refractivity contribution < 1.29 is 9.84 Å². The van der Waals surface area contributed by atoms with E-state index < -0.39 is 0 Å². The van der Waals surface area contributed by atoms with Gasteiger partial charge in [0.2, 0.25) is 0 Å². The smallest absolute Gasteiger partial charge is 0.119 e. The van der Waals surface area contributed by atoms with E-state index in [0.29, 0.717) is 0 Å². The van der Waals surface area contributed by atoms with Gasteiger partial charge in [-0.15, -0.1) is 0 Å². The molecule has 102 valence electrons. The Morgan fingerprint density at radius 1 is 1.28 bits per heavy atom. The van der Waals surface area contributed by atoms with Gasteiger partial charge in [0.25, 0.3) is 0 Å². The number of para-hydroxylation sites is 1. The van der Waals surface area contributed by atoms with Gasteiger partial charge in [-0.25, -0.2) is 0 Å². The molecule has 1 atom stereocenters. The lowest BCUT2D eigenvalue weighted by Crippen LogP contribution is -2.43. The molecule has 0 saturated heterocycles.